The van der Waals surface area contributed by atoms with Crippen LogP contribution in [0.2, 0.25) is 0 Å². The summed E-state index contributed by atoms with van der Waals surface area (Å²) in [5.74, 6) is 0.158. The zero-order chi connectivity index (χ0) is 13.8. The van der Waals surface area contributed by atoms with Crippen LogP contribution in [0.1, 0.15) is 35.2 Å². The average Bonchev–Trinajstić information content (AvgIpc) is 2.45. The summed E-state index contributed by atoms with van der Waals surface area (Å²) in [6.45, 7) is 3.88. The Labute approximate surface area is 112 Å². The van der Waals surface area contributed by atoms with Gasteiger partial charge in [-0.05, 0) is 36.1 Å². The maximum absolute atomic E-state index is 11.2. The second-order valence-electron chi connectivity index (χ2n) is 4.62. The van der Waals surface area contributed by atoms with Crippen molar-refractivity contribution in [3.8, 4) is 5.75 Å². The minimum Gasteiger partial charge on any atom is -0.507 e. The van der Waals surface area contributed by atoms with Crippen LogP contribution in [0.3, 0.4) is 0 Å². The van der Waals surface area contributed by atoms with Crippen LogP contribution in [0.4, 0.5) is 0 Å². The molecule has 0 bridgehead atoms. The topological polar surface area (TPSA) is 49.7 Å². The van der Waals surface area contributed by atoms with Crippen molar-refractivity contribution in [2.24, 2.45) is 5.18 Å². The zero-order valence-electron chi connectivity index (χ0n) is 11.1. The summed E-state index contributed by atoms with van der Waals surface area (Å²) in [6, 6.07) is 12.4. The van der Waals surface area contributed by atoms with Crippen molar-refractivity contribution in [1.82, 2.24) is 0 Å². The molecule has 0 amide bonds. The van der Waals surface area contributed by atoms with Crippen LogP contribution in [-0.2, 0) is 6.42 Å². The maximum Gasteiger partial charge on any atom is 0.145 e. The number of hydrogen-bond acceptors (Lipinski definition) is 3. The lowest BCUT2D eigenvalue weighted by molar-refractivity contribution is 0.460. The van der Waals surface area contributed by atoms with E-state index in [2.05, 4.69) is 5.18 Å². The first kappa shape index (κ1) is 13.3. The Morgan fingerprint density at radius 3 is 2.47 bits per heavy atom. The Morgan fingerprint density at radius 2 is 1.89 bits per heavy atom. The van der Waals surface area contributed by atoms with Gasteiger partial charge >= 0.3 is 0 Å². The second kappa shape index (κ2) is 5.65. The molecule has 0 radical (unpaired) electrons. The molecule has 19 heavy (non-hydrogen) atoms. The molecule has 2 aromatic carbocycles. The van der Waals surface area contributed by atoms with Crippen LogP contribution in [0.5, 0.6) is 5.75 Å². The normalized spacial score (nSPS) is 12.1. The van der Waals surface area contributed by atoms with E-state index in [-0.39, 0.29) is 5.75 Å². The summed E-state index contributed by atoms with van der Waals surface area (Å²) in [4.78, 5) is 11.2. The van der Waals surface area contributed by atoms with Crippen molar-refractivity contribution in [1.29, 1.82) is 0 Å². The summed E-state index contributed by atoms with van der Waals surface area (Å²) in [6.07, 6.45) is 0.856. The van der Waals surface area contributed by atoms with Gasteiger partial charge in [0.25, 0.3) is 0 Å². The van der Waals surface area contributed by atoms with Gasteiger partial charge in [-0.2, -0.15) is 0 Å². The quantitative estimate of drug-likeness (QED) is 0.835. The van der Waals surface area contributed by atoms with Gasteiger partial charge in [-0.15, -0.1) is 4.91 Å². The minimum atomic E-state index is -0.661. The molecule has 2 rings (SSSR count). The van der Waals surface area contributed by atoms with Gasteiger partial charge in [0.2, 0.25) is 0 Å². The molecular formula is C16H17NO2. The second-order valence-corrected chi connectivity index (χ2v) is 4.62. The van der Waals surface area contributed by atoms with E-state index in [4.69, 9.17) is 0 Å². The van der Waals surface area contributed by atoms with Crippen molar-refractivity contribution in [3.05, 3.63) is 69.6 Å². The molecule has 0 heterocycles. The first-order chi connectivity index (χ1) is 9.17. The molecule has 1 atom stereocenters. The monoisotopic (exact) mass is 255 g/mol. The Bertz CT molecular complexity index is 579. The molecule has 2 aromatic rings. The van der Waals surface area contributed by atoms with Crippen LogP contribution in [0, 0.1) is 11.8 Å². The highest BCUT2D eigenvalue weighted by Gasteiger charge is 2.20. The Hall–Kier alpha value is -2.16. The summed E-state index contributed by atoms with van der Waals surface area (Å²) in [5, 5.41) is 13.4. The zero-order valence-corrected chi connectivity index (χ0v) is 11.1. The maximum atomic E-state index is 11.2. The molecule has 1 unspecified atom stereocenters. The van der Waals surface area contributed by atoms with Gasteiger partial charge in [0.15, 0.2) is 0 Å². The number of nitrogens with zero attached hydrogens (tertiary/aromatic N) is 1. The first-order valence-electron chi connectivity index (χ1n) is 6.37. The number of aromatic hydroxyl groups is 1. The molecule has 3 nitrogen and oxygen atoms in total. The Kier molecular flexibility index (Phi) is 3.95. The van der Waals surface area contributed by atoms with E-state index >= 15 is 0 Å². The standard InChI is InChI=1S/C16H17NO2/c1-3-12-9-11(2)16(18)14(10-12)15(17-19)13-7-5-4-6-8-13/h4-10,15,18H,3H2,1-2H3. The molecule has 0 saturated carbocycles. The molecule has 0 aromatic heterocycles. The van der Waals surface area contributed by atoms with Crippen molar-refractivity contribution < 1.29 is 5.11 Å². The third-order valence-electron chi connectivity index (χ3n) is 3.31. The third kappa shape index (κ3) is 2.65. The van der Waals surface area contributed by atoms with Crippen LogP contribution in [0.25, 0.3) is 0 Å². The largest absolute Gasteiger partial charge is 0.507 e. The number of hydrogen-bond donors (Lipinski definition) is 1. The van der Waals surface area contributed by atoms with E-state index in [1.54, 1.807) is 0 Å². The van der Waals surface area contributed by atoms with Gasteiger partial charge in [-0.1, -0.05) is 48.5 Å². The summed E-state index contributed by atoms with van der Waals surface area (Å²) in [7, 11) is 0. The van der Waals surface area contributed by atoms with E-state index < -0.39 is 6.04 Å². The van der Waals surface area contributed by atoms with E-state index in [0.717, 1.165) is 23.1 Å². The Balaban J connectivity index is 2.55. The fourth-order valence-corrected chi connectivity index (χ4v) is 2.23. The molecular weight excluding hydrogens is 238 g/mol. The van der Waals surface area contributed by atoms with Gasteiger partial charge in [-0.25, -0.2) is 0 Å². The molecule has 98 valence electrons. The lowest BCUT2D eigenvalue weighted by atomic mass is 9.94. The van der Waals surface area contributed by atoms with E-state index in [9.17, 15) is 10.0 Å². The number of phenols is 1. The highest BCUT2D eigenvalue weighted by Crippen LogP contribution is 2.35. The van der Waals surface area contributed by atoms with E-state index in [1.165, 1.54) is 0 Å². The summed E-state index contributed by atoms with van der Waals surface area (Å²) in [5.41, 5.74) is 3.24. The molecule has 0 fully saturated rings. The van der Waals surface area contributed by atoms with Crippen molar-refractivity contribution >= 4 is 0 Å². The number of rotatable bonds is 4. The molecule has 1 N–H and O–H groups in total. The van der Waals surface area contributed by atoms with Gasteiger partial charge in [0, 0.05) is 5.56 Å². The highest BCUT2D eigenvalue weighted by atomic mass is 16.3. The van der Waals surface area contributed by atoms with Crippen molar-refractivity contribution in [3.63, 3.8) is 0 Å². The lowest BCUT2D eigenvalue weighted by Gasteiger charge is -2.15. The molecule has 0 aliphatic rings. The fourth-order valence-electron chi connectivity index (χ4n) is 2.23. The number of aryl methyl sites for hydroxylation is 2. The lowest BCUT2D eigenvalue weighted by Crippen LogP contribution is -2.00. The first-order valence-corrected chi connectivity index (χ1v) is 6.37. The van der Waals surface area contributed by atoms with Gasteiger partial charge in [0.1, 0.15) is 11.8 Å². The number of nitroso groups, excluding NO2 is 1. The highest BCUT2D eigenvalue weighted by molar-refractivity contribution is 5.48. The molecule has 0 spiro atoms. The summed E-state index contributed by atoms with van der Waals surface area (Å²) >= 11 is 0. The van der Waals surface area contributed by atoms with E-state index in [1.807, 2.05) is 56.3 Å². The SMILES string of the molecule is CCc1cc(C)c(O)c(C(N=O)c2ccccc2)c1. The predicted octanol–water partition coefficient (Wildman–Crippen LogP) is 4.12. The van der Waals surface area contributed by atoms with E-state index in [0.29, 0.717) is 5.56 Å². The Morgan fingerprint density at radius 1 is 1.21 bits per heavy atom. The van der Waals surface area contributed by atoms with Crippen molar-refractivity contribution in [2.75, 3.05) is 0 Å². The molecule has 0 aliphatic heterocycles. The average molecular weight is 255 g/mol. The minimum absolute atomic E-state index is 0.158. The van der Waals surface area contributed by atoms with Crippen LogP contribution in [0.15, 0.2) is 47.6 Å². The third-order valence-corrected chi connectivity index (χ3v) is 3.31. The molecule has 0 aliphatic carbocycles. The number of phenolic OH excluding ortho intramolecular Hbond substituents is 1. The predicted molar refractivity (Wildman–Crippen MR) is 76.3 cm³/mol. The molecule has 0 saturated heterocycles. The fraction of sp³-hybridized carbons (Fsp3) is 0.250. The van der Waals surface area contributed by atoms with Crippen LogP contribution < -0.4 is 0 Å². The molecule has 3 heteroatoms. The van der Waals surface area contributed by atoms with Crippen molar-refractivity contribution in [2.45, 2.75) is 26.3 Å². The van der Waals surface area contributed by atoms with Crippen LogP contribution in [-0.4, -0.2) is 5.11 Å². The number of benzene rings is 2. The van der Waals surface area contributed by atoms with Gasteiger partial charge in [-0.3, -0.25) is 0 Å². The van der Waals surface area contributed by atoms with Gasteiger partial charge in [0.05, 0.1) is 0 Å². The smallest absolute Gasteiger partial charge is 0.145 e. The summed E-state index contributed by atoms with van der Waals surface area (Å²) < 4.78 is 0. The van der Waals surface area contributed by atoms with Crippen LogP contribution >= 0.6 is 0 Å². The van der Waals surface area contributed by atoms with Gasteiger partial charge < -0.3 is 5.11 Å².